The molecule has 2 unspecified atom stereocenters. The van der Waals surface area contributed by atoms with Crippen LogP contribution in [0, 0.1) is 11.8 Å². The van der Waals surface area contributed by atoms with Gasteiger partial charge in [-0.3, -0.25) is 9.88 Å². The number of rotatable bonds is 11. The van der Waals surface area contributed by atoms with Crippen molar-refractivity contribution in [1.29, 1.82) is 0 Å². The normalized spacial score (nSPS) is 19.5. The maximum absolute atomic E-state index is 12.4. The molecule has 2 atom stereocenters. The first-order chi connectivity index (χ1) is 24.1. The highest BCUT2D eigenvalue weighted by Gasteiger charge is 2.49. The highest BCUT2D eigenvalue weighted by molar-refractivity contribution is 5.85. The van der Waals surface area contributed by atoms with E-state index >= 15 is 0 Å². The Morgan fingerprint density at radius 3 is 2.10 bits per heavy atom. The number of aromatic nitrogens is 2. The Kier molecular flexibility index (Phi) is 8.82. The van der Waals surface area contributed by atoms with E-state index in [4.69, 9.17) is 19.4 Å². The van der Waals surface area contributed by atoms with Crippen molar-refractivity contribution in [3.05, 3.63) is 156 Å². The van der Waals surface area contributed by atoms with Crippen LogP contribution in [0.1, 0.15) is 41.5 Å². The molecule has 8 rings (SSSR count). The zero-order valence-corrected chi connectivity index (χ0v) is 27.6. The first-order valence-electron chi connectivity index (χ1n) is 17.3. The molecule has 6 nitrogen and oxygen atoms in total. The number of benzene rings is 4. The summed E-state index contributed by atoms with van der Waals surface area (Å²) in [5, 5.41) is 13.4. The molecule has 4 aromatic carbocycles. The third-order valence-electron chi connectivity index (χ3n) is 10.1. The average Bonchev–Trinajstić information content (AvgIpc) is 4.00. The molecule has 246 valence electrons. The maximum atomic E-state index is 12.4. The fourth-order valence-electron chi connectivity index (χ4n) is 7.25. The van der Waals surface area contributed by atoms with Crippen LogP contribution < -0.4 is 9.47 Å². The average molecular weight is 648 g/mol. The fourth-order valence-corrected chi connectivity index (χ4v) is 7.25. The smallest absolute Gasteiger partial charge is 0.225 e. The van der Waals surface area contributed by atoms with Crippen LogP contribution in [0.3, 0.4) is 0 Å². The molecule has 2 aliphatic rings. The maximum Gasteiger partial charge on any atom is 0.225 e. The standard InChI is InChI=1S/C43H41N3O3/c47-43(22-23-46(28-39(43)34-16-17-34)27-31-10-4-1-5-11-31)37-18-20-40-35(25-37)24-36(26-44-40)38-19-21-41(48-29-32-12-6-2-7-13-32)45-42(38)49-30-33-14-8-3-9-15-33/h1-15,18-21,24-26,34,39,47H,16-17,22-23,27-30H2. The lowest BCUT2D eigenvalue weighted by Crippen LogP contribution is -2.50. The second-order valence-electron chi connectivity index (χ2n) is 13.5. The summed E-state index contributed by atoms with van der Waals surface area (Å²) < 4.78 is 12.4. The number of aliphatic hydroxyl groups is 1. The topological polar surface area (TPSA) is 67.7 Å². The molecule has 6 aromatic rings. The van der Waals surface area contributed by atoms with E-state index in [1.165, 1.54) is 18.4 Å². The van der Waals surface area contributed by atoms with Crippen molar-refractivity contribution in [1.82, 2.24) is 14.9 Å². The molecule has 6 heteroatoms. The first kappa shape index (κ1) is 31.2. The fraction of sp³-hybridized carbons (Fsp3) is 0.256. The lowest BCUT2D eigenvalue weighted by molar-refractivity contribution is -0.0880. The third-order valence-corrected chi connectivity index (χ3v) is 10.1. The summed E-state index contributed by atoms with van der Waals surface area (Å²) in [5.41, 5.74) is 6.19. The zero-order chi connectivity index (χ0) is 33.0. The molecule has 0 radical (unpaired) electrons. The zero-order valence-electron chi connectivity index (χ0n) is 27.6. The predicted octanol–water partition coefficient (Wildman–Crippen LogP) is 8.57. The summed E-state index contributed by atoms with van der Waals surface area (Å²) in [6.07, 6.45) is 4.97. The van der Waals surface area contributed by atoms with Gasteiger partial charge in [-0.1, -0.05) is 97.1 Å². The van der Waals surface area contributed by atoms with E-state index in [0.717, 1.165) is 58.4 Å². The molecule has 3 heterocycles. The van der Waals surface area contributed by atoms with Gasteiger partial charge in [0, 0.05) is 54.3 Å². The first-order valence-corrected chi connectivity index (χ1v) is 17.3. The highest BCUT2D eigenvalue weighted by atomic mass is 16.5. The van der Waals surface area contributed by atoms with E-state index in [9.17, 15) is 5.11 Å². The number of ether oxygens (including phenoxy) is 2. The molecule has 0 bridgehead atoms. The molecule has 1 aliphatic carbocycles. The van der Waals surface area contributed by atoms with Gasteiger partial charge in [-0.15, -0.1) is 0 Å². The van der Waals surface area contributed by atoms with Crippen LogP contribution in [0.5, 0.6) is 11.8 Å². The van der Waals surface area contributed by atoms with E-state index in [2.05, 4.69) is 59.5 Å². The number of nitrogens with zero attached hydrogens (tertiary/aromatic N) is 3. The molecule has 49 heavy (non-hydrogen) atoms. The van der Waals surface area contributed by atoms with Crippen LogP contribution in [-0.4, -0.2) is 33.1 Å². The van der Waals surface area contributed by atoms with Gasteiger partial charge in [-0.2, -0.15) is 4.98 Å². The summed E-state index contributed by atoms with van der Waals surface area (Å²) in [5.74, 6) is 1.74. The molecule has 0 amide bonds. The molecule has 2 fully saturated rings. The third kappa shape index (κ3) is 7.07. The van der Waals surface area contributed by atoms with Crippen LogP contribution in [0.4, 0.5) is 0 Å². The van der Waals surface area contributed by atoms with Crippen molar-refractivity contribution < 1.29 is 14.6 Å². The molecule has 1 saturated heterocycles. The minimum absolute atomic E-state index is 0.198. The van der Waals surface area contributed by atoms with Crippen LogP contribution in [0.25, 0.3) is 22.0 Å². The predicted molar refractivity (Wildman–Crippen MR) is 193 cm³/mol. The van der Waals surface area contributed by atoms with E-state index in [1.807, 2.05) is 79.0 Å². The van der Waals surface area contributed by atoms with E-state index in [0.29, 0.717) is 37.3 Å². The van der Waals surface area contributed by atoms with Gasteiger partial charge in [0.1, 0.15) is 13.2 Å². The van der Waals surface area contributed by atoms with E-state index in [1.54, 1.807) is 0 Å². The summed E-state index contributed by atoms with van der Waals surface area (Å²) in [6, 6.07) is 43.2. The van der Waals surface area contributed by atoms with Crippen molar-refractivity contribution in [2.75, 3.05) is 13.1 Å². The summed E-state index contributed by atoms with van der Waals surface area (Å²) in [6.45, 7) is 3.48. The summed E-state index contributed by atoms with van der Waals surface area (Å²) in [4.78, 5) is 12.2. The Balaban J connectivity index is 1.08. The Morgan fingerprint density at radius 1 is 0.735 bits per heavy atom. The van der Waals surface area contributed by atoms with E-state index in [-0.39, 0.29) is 5.92 Å². The van der Waals surface area contributed by atoms with Crippen molar-refractivity contribution in [3.8, 4) is 22.9 Å². The van der Waals surface area contributed by atoms with Gasteiger partial charge in [0.25, 0.3) is 0 Å². The second kappa shape index (κ2) is 13.8. The van der Waals surface area contributed by atoms with Gasteiger partial charge >= 0.3 is 0 Å². The molecule has 1 saturated carbocycles. The quantitative estimate of drug-likeness (QED) is 0.152. The monoisotopic (exact) mass is 647 g/mol. The lowest BCUT2D eigenvalue weighted by Gasteiger charge is -2.45. The Morgan fingerprint density at radius 2 is 1.41 bits per heavy atom. The molecule has 2 aromatic heterocycles. The van der Waals surface area contributed by atoms with Gasteiger partial charge in [0.15, 0.2) is 0 Å². The van der Waals surface area contributed by atoms with Crippen LogP contribution in [0.15, 0.2) is 134 Å². The Hall–Kier alpha value is -5.04. The largest absolute Gasteiger partial charge is 0.473 e. The van der Waals surface area contributed by atoms with Crippen LogP contribution in [-0.2, 0) is 25.4 Å². The number of likely N-dealkylation sites (tertiary alicyclic amines) is 1. The van der Waals surface area contributed by atoms with Crippen molar-refractivity contribution in [3.63, 3.8) is 0 Å². The van der Waals surface area contributed by atoms with Gasteiger partial charge < -0.3 is 14.6 Å². The molecule has 0 spiro atoms. The minimum atomic E-state index is -0.873. The number of fused-ring (bicyclic) bond motifs is 1. The number of hydrogen-bond donors (Lipinski definition) is 1. The second-order valence-corrected chi connectivity index (χ2v) is 13.5. The molecular weight excluding hydrogens is 606 g/mol. The van der Waals surface area contributed by atoms with Crippen LogP contribution >= 0.6 is 0 Å². The summed E-state index contributed by atoms with van der Waals surface area (Å²) in [7, 11) is 0. The minimum Gasteiger partial charge on any atom is -0.473 e. The van der Waals surface area contributed by atoms with Crippen molar-refractivity contribution in [2.45, 2.75) is 44.6 Å². The molecular formula is C43H41N3O3. The van der Waals surface area contributed by atoms with Crippen LogP contribution in [0.2, 0.25) is 0 Å². The number of hydrogen-bond acceptors (Lipinski definition) is 6. The van der Waals surface area contributed by atoms with Gasteiger partial charge in [-0.05, 0) is 71.7 Å². The molecule has 1 aliphatic heterocycles. The van der Waals surface area contributed by atoms with Gasteiger partial charge in [-0.25, -0.2) is 0 Å². The van der Waals surface area contributed by atoms with Crippen molar-refractivity contribution >= 4 is 10.9 Å². The van der Waals surface area contributed by atoms with Gasteiger partial charge in [0.2, 0.25) is 11.8 Å². The SMILES string of the molecule is OC1(c2ccc3ncc(-c4ccc(OCc5ccccc5)nc4OCc4ccccc4)cc3c2)CCN(Cc2ccccc2)CC1C1CC1. The highest BCUT2D eigenvalue weighted by Crippen LogP contribution is 2.50. The summed E-state index contributed by atoms with van der Waals surface area (Å²) >= 11 is 0. The lowest BCUT2D eigenvalue weighted by atomic mass is 9.73. The van der Waals surface area contributed by atoms with Gasteiger partial charge in [0.05, 0.1) is 11.1 Å². The van der Waals surface area contributed by atoms with Crippen molar-refractivity contribution in [2.24, 2.45) is 11.8 Å². The Labute approximate surface area is 288 Å². The van der Waals surface area contributed by atoms with E-state index < -0.39 is 5.60 Å². The Bertz CT molecular complexity index is 2020. The number of pyridine rings is 2. The number of piperidine rings is 1. The molecule has 1 N–H and O–H groups in total.